The van der Waals surface area contributed by atoms with Crippen LogP contribution in [-0.2, 0) is 28.7 Å². The molecule has 0 aromatic heterocycles. The van der Waals surface area contributed by atoms with Crippen molar-refractivity contribution in [2.75, 3.05) is 0 Å². The minimum atomic E-state index is -0.954. The Bertz CT molecular complexity index is 559. The summed E-state index contributed by atoms with van der Waals surface area (Å²) in [5.74, 6) is -2.67. The Balaban J connectivity index is 2.63. The van der Waals surface area contributed by atoms with Crippen LogP contribution in [-0.4, -0.2) is 24.9 Å². The molecule has 0 saturated carbocycles. The fourth-order valence-electron chi connectivity index (χ4n) is 1.12. The van der Waals surface area contributed by atoms with E-state index in [0.717, 1.165) is 0 Å². The molecule has 0 aliphatic heterocycles. The van der Waals surface area contributed by atoms with Crippen LogP contribution in [0, 0.1) is 0 Å². The minimum absolute atomic E-state index is 0.0421. The molecule has 0 bridgehead atoms. The second kappa shape index (κ2) is 8.00. The van der Waals surface area contributed by atoms with Crippen molar-refractivity contribution in [2.24, 2.45) is 0 Å². The second-order valence-corrected chi connectivity index (χ2v) is 3.52. The van der Waals surface area contributed by atoms with E-state index in [1.54, 1.807) is 0 Å². The van der Waals surface area contributed by atoms with E-state index in [-0.39, 0.29) is 24.4 Å². The Morgan fingerprint density at radius 2 is 1.09 bits per heavy atom. The van der Waals surface area contributed by atoms with E-state index in [1.165, 1.54) is 24.3 Å². The van der Waals surface area contributed by atoms with Crippen molar-refractivity contribution in [3.05, 3.63) is 48.9 Å². The number of esters is 2. The van der Waals surface area contributed by atoms with Crippen molar-refractivity contribution >= 4 is 24.9 Å². The lowest BCUT2D eigenvalue weighted by atomic mass is 10.3. The van der Waals surface area contributed by atoms with Crippen LogP contribution in [0.15, 0.2) is 48.9 Å². The van der Waals surface area contributed by atoms with Crippen molar-refractivity contribution in [3.8, 4) is 11.5 Å². The number of carbonyl (C=O) groups is 4. The van der Waals surface area contributed by atoms with Gasteiger partial charge in [-0.1, -0.05) is 0 Å². The van der Waals surface area contributed by atoms with Crippen LogP contribution >= 0.6 is 0 Å². The molecular formula is C14H10O8. The summed E-state index contributed by atoms with van der Waals surface area (Å²) in [6.45, 7) is 6.45. The molecule has 0 N–H and O–H groups in total. The largest absolute Gasteiger partial charge is 0.422 e. The Kier molecular flexibility index (Phi) is 6.05. The molecule has 0 aliphatic carbocycles. The molecule has 0 heterocycles. The van der Waals surface area contributed by atoms with Crippen LogP contribution in [0.3, 0.4) is 0 Å². The summed E-state index contributed by atoms with van der Waals surface area (Å²) in [6.07, 6.45) is 0. The van der Waals surface area contributed by atoms with Crippen LogP contribution in [0.2, 0.25) is 0 Å². The zero-order valence-electron chi connectivity index (χ0n) is 11.1. The topological polar surface area (TPSA) is 105 Å². The fourth-order valence-corrected chi connectivity index (χ4v) is 1.12. The van der Waals surface area contributed by atoms with Crippen molar-refractivity contribution in [1.29, 1.82) is 0 Å². The lowest BCUT2D eigenvalue weighted by Crippen LogP contribution is -2.13. The van der Waals surface area contributed by atoms with Gasteiger partial charge in [0, 0.05) is 0 Å². The third-order valence-corrected chi connectivity index (χ3v) is 2.08. The third-order valence-electron chi connectivity index (χ3n) is 2.08. The number of carbonyl (C=O) groups excluding carboxylic acids is 4. The fraction of sp³-hybridized carbons (Fsp3) is 0. The normalized spacial score (nSPS) is 9.09. The van der Waals surface area contributed by atoms with E-state index >= 15 is 0 Å². The molecule has 0 fully saturated rings. The molecule has 0 spiro atoms. The molecule has 1 rings (SSSR count). The highest BCUT2D eigenvalue weighted by molar-refractivity contribution is 5.89. The van der Waals surface area contributed by atoms with Gasteiger partial charge in [-0.2, -0.15) is 0 Å². The first kappa shape index (κ1) is 16.6. The van der Waals surface area contributed by atoms with Gasteiger partial charge < -0.3 is 18.9 Å². The maximum Gasteiger partial charge on any atom is 0.379 e. The number of hydrogen-bond acceptors (Lipinski definition) is 8. The predicted molar refractivity (Wildman–Crippen MR) is 70.3 cm³/mol. The van der Waals surface area contributed by atoms with Gasteiger partial charge in [-0.05, 0) is 37.4 Å². The van der Waals surface area contributed by atoms with Crippen LogP contribution in [0.4, 0.5) is 0 Å². The predicted octanol–water partition coefficient (Wildman–Crippen LogP) is 0.871. The van der Waals surface area contributed by atoms with E-state index in [9.17, 15) is 19.2 Å². The average Bonchev–Trinajstić information content (AvgIpc) is 2.49. The first-order valence-corrected chi connectivity index (χ1v) is 5.60. The summed E-state index contributed by atoms with van der Waals surface area (Å²) < 4.78 is 18.1. The van der Waals surface area contributed by atoms with Crippen molar-refractivity contribution in [1.82, 2.24) is 0 Å². The van der Waals surface area contributed by atoms with Crippen LogP contribution in [0.25, 0.3) is 0 Å². The summed E-state index contributed by atoms with van der Waals surface area (Å²) >= 11 is 0. The van der Waals surface area contributed by atoms with Crippen molar-refractivity contribution in [2.45, 2.75) is 0 Å². The van der Waals surface area contributed by atoms with E-state index in [4.69, 9.17) is 9.47 Å². The quantitative estimate of drug-likeness (QED) is 0.229. The molecule has 0 saturated heterocycles. The van der Waals surface area contributed by atoms with E-state index < -0.39 is 23.5 Å². The van der Waals surface area contributed by atoms with Crippen molar-refractivity contribution < 1.29 is 38.1 Å². The van der Waals surface area contributed by atoms with Crippen LogP contribution in [0.1, 0.15) is 0 Å². The summed E-state index contributed by atoms with van der Waals surface area (Å²) in [6, 6.07) is 5.27. The first-order valence-electron chi connectivity index (χ1n) is 5.60. The highest BCUT2D eigenvalue weighted by Crippen LogP contribution is 2.19. The molecule has 1 aromatic rings. The summed E-state index contributed by atoms with van der Waals surface area (Å²) in [4.78, 5) is 42.8. The maximum absolute atomic E-state index is 11.4. The molecular weight excluding hydrogens is 296 g/mol. The van der Waals surface area contributed by atoms with Gasteiger partial charge in [0.25, 0.3) is 12.9 Å². The minimum Gasteiger partial charge on any atom is -0.422 e. The lowest BCUT2D eigenvalue weighted by molar-refractivity contribution is -0.139. The second-order valence-electron chi connectivity index (χ2n) is 3.52. The zero-order chi connectivity index (χ0) is 16.5. The Hall–Kier alpha value is -3.42. The molecule has 0 amide bonds. The summed E-state index contributed by atoms with van der Waals surface area (Å²) in [5.41, 5.74) is 0. The van der Waals surface area contributed by atoms with E-state index in [1.807, 2.05) is 0 Å². The molecule has 0 unspecified atom stereocenters. The summed E-state index contributed by atoms with van der Waals surface area (Å²) in [7, 11) is 0. The molecule has 1 aromatic carbocycles. The Labute approximate surface area is 124 Å². The van der Waals surface area contributed by atoms with Gasteiger partial charge in [-0.3, -0.25) is 9.59 Å². The SMILES string of the molecule is C=C(OC=O)C(=O)Oc1ccc(OC(=O)C(=C)OC=O)cc1. The van der Waals surface area contributed by atoms with Gasteiger partial charge in [0.2, 0.25) is 11.5 Å². The monoisotopic (exact) mass is 306 g/mol. The highest BCUT2D eigenvalue weighted by Gasteiger charge is 2.13. The smallest absolute Gasteiger partial charge is 0.379 e. The number of benzene rings is 1. The van der Waals surface area contributed by atoms with E-state index in [2.05, 4.69) is 22.6 Å². The van der Waals surface area contributed by atoms with Gasteiger partial charge in [-0.15, -0.1) is 0 Å². The van der Waals surface area contributed by atoms with Gasteiger partial charge in [0.05, 0.1) is 0 Å². The third kappa shape index (κ3) is 4.93. The number of rotatable bonds is 8. The molecule has 0 atom stereocenters. The molecule has 8 nitrogen and oxygen atoms in total. The molecule has 0 radical (unpaired) electrons. The first-order chi connectivity index (χ1) is 10.5. The van der Waals surface area contributed by atoms with Gasteiger partial charge in [0.1, 0.15) is 11.5 Å². The van der Waals surface area contributed by atoms with Crippen LogP contribution in [0.5, 0.6) is 11.5 Å². The number of ether oxygens (including phenoxy) is 4. The highest BCUT2D eigenvalue weighted by atomic mass is 16.6. The van der Waals surface area contributed by atoms with E-state index in [0.29, 0.717) is 0 Å². The zero-order valence-corrected chi connectivity index (χ0v) is 11.1. The maximum atomic E-state index is 11.4. The van der Waals surface area contributed by atoms with Gasteiger partial charge in [0.15, 0.2) is 0 Å². The lowest BCUT2D eigenvalue weighted by Gasteiger charge is -2.07. The molecule has 8 heteroatoms. The van der Waals surface area contributed by atoms with Crippen molar-refractivity contribution in [3.63, 3.8) is 0 Å². The Morgan fingerprint density at radius 3 is 1.36 bits per heavy atom. The van der Waals surface area contributed by atoms with Gasteiger partial charge >= 0.3 is 11.9 Å². The molecule has 22 heavy (non-hydrogen) atoms. The molecule has 0 aliphatic rings. The number of hydrogen-bond donors (Lipinski definition) is 0. The Morgan fingerprint density at radius 1 is 0.773 bits per heavy atom. The van der Waals surface area contributed by atoms with Crippen LogP contribution < -0.4 is 9.47 Å². The standard InChI is InChI=1S/C14H10O8/c1-9(19-7-15)13(17)21-11-3-5-12(6-4-11)22-14(18)10(2)20-8-16/h3-8H,1-2H2. The summed E-state index contributed by atoms with van der Waals surface area (Å²) in [5, 5.41) is 0. The van der Waals surface area contributed by atoms with Gasteiger partial charge in [-0.25, -0.2) is 9.59 Å². The average molecular weight is 306 g/mol. The molecule has 114 valence electrons.